The van der Waals surface area contributed by atoms with E-state index in [1.807, 2.05) is 52.3 Å². The number of carbonyl (C=O) groups is 1. The van der Waals surface area contributed by atoms with Crippen LogP contribution in [0.15, 0.2) is 55.1 Å². The van der Waals surface area contributed by atoms with Gasteiger partial charge in [-0.2, -0.15) is 5.10 Å². The van der Waals surface area contributed by atoms with E-state index < -0.39 is 0 Å². The molecule has 1 fully saturated rings. The smallest absolute Gasteiger partial charge is 0.222 e. The number of hydrogen-bond donors (Lipinski definition) is 1. The van der Waals surface area contributed by atoms with E-state index in [0.29, 0.717) is 31.3 Å². The van der Waals surface area contributed by atoms with Gasteiger partial charge in [-0.1, -0.05) is 32.0 Å². The van der Waals surface area contributed by atoms with Crippen LogP contribution < -0.4 is 10.1 Å². The molecule has 0 spiro atoms. The second-order valence-electron chi connectivity index (χ2n) is 9.67. The molecule has 9 heteroatoms. The number of methoxy groups -OCH3 is 1. The fourth-order valence-corrected chi connectivity index (χ4v) is 4.83. The third-order valence-corrected chi connectivity index (χ3v) is 7.28. The first-order valence-corrected chi connectivity index (χ1v) is 12.8. The summed E-state index contributed by atoms with van der Waals surface area (Å²) >= 11 is 0. The molecule has 0 bridgehead atoms. The fourth-order valence-electron chi connectivity index (χ4n) is 4.83. The van der Waals surface area contributed by atoms with E-state index in [1.54, 1.807) is 13.4 Å². The van der Waals surface area contributed by atoms with Gasteiger partial charge < -0.3 is 15.0 Å². The monoisotopic (exact) mass is 499 g/mol. The van der Waals surface area contributed by atoms with E-state index in [2.05, 4.69) is 45.3 Å². The predicted molar refractivity (Wildman–Crippen MR) is 143 cm³/mol. The highest BCUT2D eigenvalue weighted by Gasteiger charge is 2.20. The summed E-state index contributed by atoms with van der Waals surface area (Å²) in [6, 6.07) is 12.2. The lowest BCUT2D eigenvalue weighted by atomic mass is 9.88. The molecule has 1 N–H and O–H groups in total. The average molecular weight is 500 g/mol. The van der Waals surface area contributed by atoms with Gasteiger partial charge in [0.05, 0.1) is 25.5 Å². The number of ether oxygens (including phenoxy) is 1. The van der Waals surface area contributed by atoms with E-state index in [1.165, 1.54) is 5.56 Å². The highest BCUT2D eigenvalue weighted by atomic mass is 16.5. The van der Waals surface area contributed by atoms with Gasteiger partial charge in [0.15, 0.2) is 5.65 Å². The van der Waals surface area contributed by atoms with Gasteiger partial charge in [-0.25, -0.2) is 19.6 Å². The molecule has 2 atom stereocenters. The summed E-state index contributed by atoms with van der Waals surface area (Å²) in [5.74, 6) is 2.59. The number of likely N-dealkylation sites (tertiary alicyclic amines) is 1. The fraction of sp³-hybridized carbons (Fsp3) is 0.393. The average Bonchev–Trinajstić information content (AvgIpc) is 3.55. The third-order valence-electron chi connectivity index (χ3n) is 7.28. The first kappa shape index (κ1) is 24.7. The van der Waals surface area contributed by atoms with Crippen molar-refractivity contribution in [1.29, 1.82) is 0 Å². The summed E-state index contributed by atoms with van der Waals surface area (Å²) in [6.45, 7) is 7.33. The quantitative estimate of drug-likeness (QED) is 0.346. The van der Waals surface area contributed by atoms with Crippen LogP contribution in [0.3, 0.4) is 0 Å². The Hall–Kier alpha value is -4.01. The number of amides is 1. The Bertz CT molecular complexity index is 1390. The van der Waals surface area contributed by atoms with E-state index in [-0.39, 0.29) is 5.91 Å². The molecule has 1 amide bonds. The van der Waals surface area contributed by atoms with Crippen molar-refractivity contribution in [2.75, 3.05) is 32.1 Å². The van der Waals surface area contributed by atoms with E-state index in [4.69, 9.17) is 4.74 Å². The molecule has 0 radical (unpaired) electrons. The number of aromatic nitrogens is 5. The molecule has 1 aliphatic heterocycles. The van der Waals surface area contributed by atoms with Crippen molar-refractivity contribution in [3.8, 4) is 17.0 Å². The van der Waals surface area contributed by atoms with Crippen LogP contribution in [0.1, 0.15) is 38.2 Å². The minimum absolute atomic E-state index is 0.225. The number of rotatable bonds is 10. The number of anilines is 1. The number of hydrogen-bond acceptors (Lipinski definition) is 7. The maximum absolute atomic E-state index is 11.9. The van der Waals surface area contributed by atoms with Gasteiger partial charge >= 0.3 is 0 Å². The summed E-state index contributed by atoms with van der Waals surface area (Å²) in [5.41, 5.74) is 3.71. The van der Waals surface area contributed by atoms with Crippen LogP contribution in [0, 0.1) is 5.92 Å². The van der Waals surface area contributed by atoms with Gasteiger partial charge in [-0.05, 0) is 36.0 Å². The van der Waals surface area contributed by atoms with Gasteiger partial charge in [0.1, 0.15) is 17.9 Å². The van der Waals surface area contributed by atoms with Gasteiger partial charge in [0.2, 0.25) is 5.91 Å². The zero-order chi connectivity index (χ0) is 25.8. The summed E-state index contributed by atoms with van der Waals surface area (Å²) < 4.78 is 7.41. The molecular formula is C28H33N7O2. The molecule has 0 aliphatic carbocycles. The van der Waals surface area contributed by atoms with Crippen LogP contribution in [0.4, 0.5) is 5.82 Å². The van der Waals surface area contributed by atoms with Crippen molar-refractivity contribution < 1.29 is 9.53 Å². The normalized spacial score (nSPS) is 15.2. The molecule has 1 aromatic carbocycles. The first-order chi connectivity index (χ1) is 18.0. The summed E-state index contributed by atoms with van der Waals surface area (Å²) in [7, 11) is 1.71. The van der Waals surface area contributed by atoms with Crippen molar-refractivity contribution in [3.05, 3.63) is 60.7 Å². The van der Waals surface area contributed by atoms with Gasteiger partial charge in [0, 0.05) is 49.3 Å². The molecule has 9 nitrogen and oxygen atoms in total. The Balaban J connectivity index is 1.25. The minimum Gasteiger partial charge on any atom is -0.496 e. The van der Waals surface area contributed by atoms with Crippen LogP contribution in [-0.4, -0.2) is 62.3 Å². The van der Waals surface area contributed by atoms with Crippen molar-refractivity contribution in [1.82, 2.24) is 29.6 Å². The summed E-state index contributed by atoms with van der Waals surface area (Å²) in [6.07, 6.45) is 6.80. The van der Waals surface area contributed by atoms with Crippen LogP contribution >= 0.6 is 0 Å². The van der Waals surface area contributed by atoms with E-state index in [0.717, 1.165) is 53.4 Å². The van der Waals surface area contributed by atoms with Crippen LogP contribution in [-0.2, 0) is 11.3 Å². The lowest BCUT2D eigenvalue weighted by Gasteiger charge is -2.23. The highest BCUT2D eigenvalue weighted by Crippen LogP contribution is 2.31. The number of nitrogens with one attached hydrogen (secondary N) is 1. The van der Waals surface area contributed by atoms with Gasteiger partial charge in [-0.3, -0.25) is 4.79 Å². The Kier molecular flexibility index (Phi) is 7.30. The number of carbonyl (C=O) groups excluding carboxylic acids is 1. The zero-order valence-electron chi connectivity index (χ0n) is 21.6. The van der Waals surface area contributed by atoms with E-state index in [9.17, 15) is 4.79 Å². The maximum Gasteiger partial charge on any atom is 0.222 e. The maximum atomic E-state index is 11.9. The predicted octanol–water partition coefficient (Wildman–Crippen LogP) is 4.37. The van der Waals surface area contributed by atoms with E-state index >= 15 is 0 Å². The highest BCUT2D eigenvalue weighted by molar-refractivity contribution is 5.80. The lowest BCUT2D eigenvalue weighted by Crippen LogP contribution is -2.28. The van der Waals surface area contributed by atoms with Crippen LogP contribution in [0.5, 0.6) is 5.75 Å². The topological polar surface area (TPSA) is 98.1 Å². The van der Waals surface area contributed by atoms with Crippen molar-refractivity contribution >= 4 is 22.8 Å². The first-order valence-electron chi connectivity index (χ1n) is 12.8. The zero-order valence-corrected chi connectivity index (χ0v) is 21.6. The molecule has 3 aromatic heterocycles. The molecule has 37 heavy (non-hydrogen) atoms. The largest absolute Gasteiger partial charge is 0.496 e. The van der Waals surface area contributed by atoms with Crippen molar-refractivity contribution in [2.24, 2.45) is 5.92 Å². The molecule has 1 unspecified atom stereocenters. The molecule has 5 rings (SSSR count). The Labute approximate surface area is 216 Å². The summed E-state index contributed by atoms with van der Waals surface area (Å²) in [5, 5.41) is 8.91. The Morgan fingerprint density at radius 1 is 1.08 bits per heavy atom. The van der Waals surface area contributed by atoms with Crippen molar-refractivity contribution in [3.63, 3.8) is 0 Å². The number of para-hydroxylation sites is 1. The number of pyridine rings is 1. The van der Waals surface area contributed by atoms with Crippen LogP contribution in [0.2, 0.25) is 0 Å². The molecule has 1 saturated heterocycles. The van der Waals surface area contributed by atoms with Gasteiger partial charge in [-0.15, -0.1) is 0 Å². The van der Waals surface area contributed by atoms with Crippen molar-refractivity contribution in [2.45, 2.75) is 39.2 Å². The molecule has 4 heterocycles. The third kappa shape index (κ3) is 5.40. The number of nitrogens with zero attached hydrogens (tertiary/aromatic N) is 6. The number of benzene rings is 1. The molecular weight excluding hydrogens is 466 g/mol. The molecule has 0 saturated carbocycles. The number of fused-ring (bicyclic) bond motifs is 1. The lowest BCUT2D eigenvalue weighted by molar-refractivity contribution is -0.127. The SMILES string of the molecule is COc1ccccc1[C@H](C)C(C)CNc1cc(-c2cnc3c(cnn3CCN3CCCC3=O)c2)ncn1. The molecule has 1 aliphatic rings. The van der Waals surface area contributed by atoms with Crippen LogP contribution in [0.25, 0.3) is 22.3 Å². The Morgan fingerprint density at radius 3 is 2.76 bits per heavy atom. The minimum atomic E-state index is 0.225. The second-order valence-corrected chi connectivity index (χ2v) is 9.67. The standard InChI is InChI=1S/C28H33N7O2/c1-19(20(2)23-7-4-5-8-25(23)37-3)15-29-26-14-24(31-18-32-26)21-13-22-17-33-35(28(22)30-16-21)12-11-34-10-6-9-27(34)36/h4-5,7-8,13-14,16-20H,6,9-12,15H2,1-3H3,(H,29,31,32)/t19?,20-/m1/s1. The molecule has 4 aromatic rings. The van der Waals surface area contributed by atoms with Gasteiger partial charge in [0.25, 0.3) is 0 Å². The molecule has 192 valence electrons. The summed E-state index contributed by atoms with van der Waals surface area (Å²) in [4.78, 5) is 27.3. The second kappa shape index (κ2) is 10.9. The Morgan fingerprint density at radius 2 is 1.95 bits per heavy atom.